The molecule has 0 spiro atoms. The SMILES string of the molecule is CC(C)(C)c1ccc(=O)n(CC2CCCN2C(=O)c2n[nH]c(=O)c3ccccc23)n1. The third-order valence-corrected chi connectivity index (χ3v) is 5.56. The molecular formula is C22H25N5O3. The minimum Gasteiger partial charge on any atom is -0.332 e. The minimum atomic E-state index is -0.324. The zero-order valence-electron chi connectivity index (χ0n) is 17.4. The summed E-state index contributed by atoms with van der Waals surface area (Å²) in [6, 6.07) is 10.1. The molecule has 1 amide bonds. The van der Waals surface area contributed by atoms with Crippen molar-refractivity contribution in [3.8, 4) is 0 Å². The minimum absolute atomic E-state index is 0.162. The summed E-state index contributed by atoms with van der Waals surface area (Å²) in [5.74, 6) is -0.245. The maximum absolute atomic E-state index is 13.3. The first-order valence-electron chi connectivity index (χ1n) is 10.1. The molecule has 1 unspecified atom stereocenters. The van der Waals surface area contributed by atoms with Crippen molar-refractivity contribution in [1.29, 1.82) is 0 Å². The van der Waals surface area contributed by atoms with Gasteiger partial charge in [0.25, 0.3) is 17.0 Å². The second-order valence-electron chi connectivity index (χ2n) is 8.73. The number of aromatic amines is 1. The number of carbonyl (C=O) groups excluding carboxylic acids is 1. The number of benzene rings is 1. The van der Waals surface area contributed by atoms with E-state index in [1.807, 2.05) is 20.8 Å². The summed E-state index contributed by atoms with van der Waals surface area (Å²) in [5.41, 5.74) is 0.358. The molecule has 1 aliphatic heterocycles. The smallest absolute Gasteiger partial charge is 0.275 e. The van der Waals surface area contributed by atoms with Gasteiger partial charge in [0.15, 0.2) is 5.69 Å². The normalized spacial score (nSPS) is 16.9. The van der Waals surface area contributed by atoms with Gasteiger partial charge in [0.2, 0.25) is 0 Å². The zero-order valence-corrected chi connectivity index (χ0v) is 17.4. The number of carbonyl (C=O) groups is 1. The Balaban J connectivity index is 1.66. The van der Waals surface area contributed by atoms with Crippen molar-refractivity contribution in [3.05, 3.63) is 68.5 Å². The van der Waals surface area contributed by atoms with Gasteiger partial charge in [-0.05, 0) is 25.0 Å². The molecule has 1 N–H and O–H groups in total. The third-order valence-electron chi connectivity index (χ3n) is 5.56. The zero-order chi connectivity index (χ0) is 21.5. The topological polar surface area (TPSA) is 101 Å². The molecule has 3 aromatic rings. The summed E-state index contributed by atoms with van der Waals surface area (Å²) in [5, 5.41) is 12.0. The van der Waals surface area contributed by atoms with Crippen molar-refractivity contribution in [2.75, 3.05) is 6.54 Å². The Morgan fingerprint density at radius 2 is 1.87 bits per heavy atom. The maximum Gasteiger partial charge on any atom is 0.275 e. The highest BCUT2D eigenvalue weighted by atomic mass is 16.2. The predicted octanol–water partition coefficient (Wildman–Crippen LogP) is 2.08. The van der Waals surface area contributed by atoms with Crippen LogP contribution in [-0.2, 0) is 12.0 Å². The van der Waals surface area contributed by atoms with E-state index in [-0.39, 0.29) is 34.2 Å². The fourth-order valence-electron chi connectivity index (χ4n) is 3.89. The van der Waals surface area contributed by atoms with Crippen molar-refractivity contribution >= 4 is 16.7 Å². The Kier molecular flexibility index (Phi) is 5.01. The molecule has 0 radical (unpaired) electrons. The van der Waals surface area contributed by atoms with Crippen molar-refractivity contribution in [2.45, 2.75) is 51.6 Å². The summed E-state index contributed by atoms with van der Waals surface area (Å²) < 4.78 is 1.45. The quantitative estimate of drug-likeness (QED) is 0.716. The molecule has 1 aromatic carbocycles. The molecule has 8 nitrogen and oxygen atoms in total. The Bertz CT molecular complexity index is 1220. The summed E-state index contributed by atoms with van der Waals surface area (Å²) >= 11 is 0. The van der Waals surface area contributed by atoms with Crippen molar-refractivity contribution in [1.82, 2.24) is 24.9 Å². The van der Waals surface area contributed by atoms with E-state index in [0.29, 0.717) is 23.9 Å². The maximum atomic E-state index is 13.3. The van der Waals surface area contributed by atoms with E-state index in [9.17, 15) is 14.4 Å². The summed E-state index contributed by atoms with van der Waals surface area (Å²) in [6.45, 7) is 7.04. The van der Waals surface area contributed by atoms with E-state index in [0.717, 1.165) is 18.5 Å². The van der Waals surface area contributed by atoms with Crippen LogP contribution < -0.4 is 11.1 Å². The van der Waals surface area contributed by atoms with Crippen molar-refractivity contribution < 1.29 is 4.79 Å². The van der Waals surface area contributed by atoms with Gasteiger partial charge >= 0.3 is 0 Å². The second-order valence-corrected chi connectivity index (χ2v) is 8.73. The van der Waals surface area contributed by atoms with E-state index in [2.05, 4.69) is 15.3 Å². The number of hydrogen-bond acceptors (Lipinski definition) is 5. The van der Waals surface area contributed by atoms with Crippen LogP contribution in [0.2, 0.25) is 0 Å². The van der Waals surface area contributed by atoms with Crippen LogP contribution in [0.1, 0.15) is 49.8 Å². The molecule has 0 saturated carbocycles. The van der Waals surface area contributed by atoms with Crippen LogP contribution in [0.4, 0.5) is 0 Å². The number of nitrogens with one attached hydrogen (secondary N) is 1. The average molecular weight is 407 g/mol. The Morgan fingerprint density at radius 3 is 2.60 bits per heavy atom. The molecule has 3 heterocycles. The van der Waals surface area contributed by atoms with Crippen LogP contribution in [0.5, 0.6) is 0 Å². The molecule has 30 heavy (non-hydrogen) atoms. The number of nitrogens with zero attached hydrogens (tertiary/aromatic N) is 4. The Labute approximate surface area is 173 Å². The van der Waals surface area contributed by atoms with Gasteiger partial charge < -0.3 is 4.90 Å². The summed E-state index contributed by atoms with van der Waals surface area (Å²) in [4.78, 5) is 39.5. The lowest BCUT2D eigenvalue weighted by molar-refractivity contribution is 0.0715. The monoisotopic (exact) mass is 407 g/mol. The molecule has 1 atom stereocenters. The molecule has 4 rings (SSSR count). The second kappa shape index (κ2) is 7.51. The lowest BCUT2D eigenvalue weighted by Crippen LogP contribution is -2.41. The molecule has 1 fully saturated rings. The van der Waals surface area contributed by atoms with E-state index in [4.69, 9.17) is 0 Å². The first-order chi connectivity index (χ1) is 14.3. The molecule has 1 saturated heterocycles. The number of hydrogen-bond donors (Lipinski definition) is 1. The first-order valence-corrected chi connectivity index (χ1v) is 10.1. The standard InChI is InChI=1S/C22H25N5O3/c1-22(2,3)17-10-11-18(28)27(25-17)13-14-7-6-12-26(14)21(30)19-15-8-4-5-9-16(15)20(29)24-23-19/h4-5,8-11,14H,6-7,12-13H2,1-3H3,(H,24,29). The lowest BCUT2D eigenvalue weighted by Gasteiger charge is -2.26. The predicted molar refractivity (Wildman–Crippen MR) is 114 cm³/mol. The van der Waals surface area contributed by atoms with Crippen molar-refractivity contribution in [2.24, 2.45) is 0 Å². The third kappa shape index (κ3) is 3.65. The largest absolute Gasteiger partial charge is 0.332 e. The van der Waals surface area contributed by atoms with Crippen LogP contribution in [-0.4, -0.2) is 43.4 Å². The van der Waals surface area contributed by atoms with Crippen LogP contribution >= 0.6 is 0 Å². The van der Waals surface area contributed by atoms with E-state index in [1.165, 1.54) is 10.7 Å². The van der Waals surface area contributed by atoms with Gasteiger partial charge in [-0.2, -0.15) is 10.2 Å². The van der Waals surface area contributed by atoms with Gasteiger partial charge in [-0.1, -0.05) is 39.0 Å². The van der Waals surface area contributed by atoms with Gasteiger partial charge in [0.05, 0.1) is 23.7 Å². The van der Waals surface area contributed by atoms with Gasteiger partial charge in [0.1, 0.15) is 0 Å². The van der Waals surface area contributed by atoms with Crippen LogP contribution in [0, 0.1) is 0 Å². The van der Waals surface area contributed by atoms with Crippen molar-refractivity contribution in [3.63, 3.8) is 0 Å². The summed E-state index contributed by atoms with van der Waals surface area (Å²) in [7, 11) is 0. The molecular weight excluding hydrogens is 382 g/mol. The van der Waals surface area contributed by atoms with E-state index < -0.39 is 0 Å². The highest BCUT2D eigenvalue weighted by Gasteiger charge is 2.32. The molecule has 1 aliphatic rings. The number of likely N-dealkylation sites (tertiary alicyclic amines) is 1. The van der Waals surface area contributed by atoms with E-state index in [1.54, 1.807) is 35.2 Å². The Hall–Kier alpha value is -3.29. The molecule has 8 heteroatoms. The van der Waals surface area contributed by atoms with Crippen LogP contribution in [0.3, 0.4) is 0 Å². The van der Waals surface area contributed by atoms with Gasteiger partial charge in [-0.25, -0.2) is 9.78 Å². The molecule has 2 aromatic heterocycles. The molecule has 156 valence electrons. The fraction of sp³-hybridized carbons (Fsp3) is 0.409. The van der Waals surface area contributed by atoms with E-state index >= 15 is 0 Å². The van der Waals surface area contributed by atoms with Gasteiger partial charge in [-0.15, -0.1) is 0 Å². The lowest BCUT2D eigenvalue weighted by atomic mass is 9.92. The number of amides is 1. The number of fused-ring (bicyclic) bond motifs is 1. The average Bonchev–Trinajstić information content (AvgIpc) is 3.17. The van der Waals surface area contributed by atoms with Gasteiger partial charge in [-0.3, -0.25) is 14.4 Å². The number of rotatable bonds is 3. The number of aromatic nitrogens is 4. The fourth-order valence-corrected chi connectivity index (χ4v) is 3.89. The summed E-state index contributed by atoms with van der Waals surface area (Å²) in [6.07, 6.45) is 1.62. The molecule has 0 bridgehead atoms. The highest BCUT2D eigenvalue weighted by Crippen LogP contribution is 2.23. The number of H-pyrrole nitrogens is 1. The first kappa shape index (κ1) is 20.0. The highest BCUT2D eigenvalue weighted by molar-refractivity contribution is 6.04. The van der Waals surface area contributed by atoms with Gasteiger partial charge in [0, 0.05) is 23.4 Å². The molecule has 0 aliphatic carbocycles. The Morgan fingerprint density at radius 1 is 1.13 bits per heavy atom. The van der Waals surface area contributed by atoms with Crippen LogP contribution in [0.25, 0.3) is 10.8 Å². The van der Waals surface area contributed by atoms with Crippen LogP contribution in [0.15, 0.2) is 46.0 Å².